The van der Waals surface area contributed by atoms with Gasteiger partial charge in [-0.1, -0.05) is 6.42 Å². The quantitative estimate of drug-likeness (QED) is 0.919. The van der Waals surface area contributed by atoms with Crippen molar-refractivity contribution in [3.63, 3.8) is 0 Å². The number of ether oxygens (including phenoxy) is 2. The molecule has 0 unspecified atom stereocenters. The highest BCUT2D eigenvalue weighted by molar-refractivity contribution is 5.94. The van der Waals surface area contributed by atoms with Crippen molar-refractivity contribution in [3.8, 4) is 11.5 Å². The summed E-state index contributed by atoms with van der Waals surface area (Å²) in [5.74, 6) is 2.53. The average Bonchev–Trinajstić information content (AvgIpc) is 2.54. The van der Waals surface area contributed by atoms with Crippen LogP contribution in [-0.4, -0.2) is 36.3 Å². The van der Waals surface area contributed by atoms with E-state index in [9.17, 15) is 0 Å². The number of hydrogen-bond donors (Lipinski definition) is 1. The van der Waals surface area contributed by atoms with Gasteiger partial charge in [0.15, 0.2) is 11.5 Å². The van der Waals surface area contributed by atoms with Crippen LogP contribution in [0.25, 0.3) is 10.8 Å². The highest BCUT2D eigenvalue weighted by Gasteiger charge is 2.16. The van der Waals surface area contributed by atoms with Gasteiger partial charge >= 0.3 is 0 Å². The van der Waals surface area contributed by atoms with E-state index in [2.05, 4.69) is 15.4 Å². The molecule has 0 atom stereocenters. The van der Waals surface area contributed by atoms with Crippen molar-refractivity contribution in [2.45, 2.75) is 19.3 Å². The first kappa shape index (κ1) is 12.7. The van der Waals surface area contributed by atoms with Crippen LogP contribution in [0.3, 0.4) is 0 Å². The van der Waals surface area contributed by atoms with Crippen LogP contribution in [0.4, 0.5) is 5.82 Å². The van der Waals surface area contributed by atoms with Crippen LogP contribution in [0, 0.1) is 0 Å². The lowest BCUT2D eigenvalue weighted by molar-refractivity contribution is 0.172. The number of fused-ring (bicyclic) bond motifs is 2. The van der Waals surface area contributed by atoms with Gasteiger partial charge < -0.3 is 14.9 Å². The number of hydrogen-bond acceptors (Lipinski definition) is 5. The lowest BCUT2D eigenvalue weighted by Gasteiger charge is -2.28. The predicted molar refractivity (Wildman–Crippen MR) is 81.8 cm³/mol. The number of rotatable bonds is 2. The number of anilines is 1. The third-order valence-electron chi connectivity index (χ3n) is 4.05. The normalized spacial score (nSPS) is 18.7. The Morgan fingerprint density at radius 3 is 2.57 bits per heavy atom. The lowest BCUT2D eigenvalue weighted by Crippen LogP contribution is -2.35. The molecule has 2 aliphatic rings. The third kappa shape index (κ3) is 2.49. The molecule has 5 heteroatoms. The Kier molecular flexibility index (Phi) is 3.27. The van der Waals surface area contributed by atoms with Gasteiger partial charge in [0, 0.05) is 24.7 Å². The van der Waals surface area contributed by atoms with E-state index in [4.69, 9.17) is 9.47 Å². The molecule has 0 aliphatic carbocycles. The van der Waals surface area contributed by atoms with Crippen molar-refractivity contribution in [2.24, 2.45) is 0 Å². The van der Waals surface area contributed by atoms with Gasteiger partial charge in [-0.05, 0) is 36.4 Å². The molecule has 3 heterocycles. The summed E-state index contributed by atoms with van der Waals surface area (Å²) in [5.41, 5.74) is 3.46. The van der Waals surface area contributed by atoms with Gasteiger partial charge in [-0.25, -0.2) is 9.99 Å². The van der Waals surface area contributed by atoms with Gasteiger partial charge in [-0.15, -0.1) is 0 Å². The molecule has 0 saturated carbocycles. The Bertz CT molecular complexity index is 653. The zero-order valence-corrected chi connectivity index (χ0v) is 12.0. The van der Waals surface area contributed by atoms with E-state index in [1.807, 2.05) is 24.4 Å². The summed E-state index contributed by atoms with van der Waals surface area (Å²) in [6.45, 7) is 3.36. The summed E-state index contributed by atoms with van der Waals surface area (Å²) in [6, 6.07) is 6.07. The minimum atomic E-state index is 0.605. The van der Waals surface area contributed by atoms with Gasteiger partial charge in [0.25, 0.3) is 0 Å². The van der Waals surface area contributed by atoms with E-state index in [-0.39, 0.29) is 0 Å². The van der Waals surface area contributed by atoms with E-state index < -0.39 is 0 Å². The van der Waals surface area contributed by atoms with Crippen molar-refractivity contribution in [1.29, 1.82) is 0 Å². The van der Waals surface area contributed by atoms with E-state index in [0.29, 0.717) is 13.2 Å². The van der Waals surface area contributed by atoms with Crippen molar-refractivity contribution >= 4 is 16.6 Å². The van der Waals surface area contributed by atoms with Crippen molar-refractivity contribution < 1.29 is 9.47 Å². The summed E-state index contributed by atoms with van der Waals surface area (Å²) in [6.07, 6.45) is 5.64. The highest BCUT2D eigenvalue weighted by Crippen LogP contribution is 2.36. The van der Waals surface area contributed by atoms with Crippen LogP contribution >= 0.6 is 0 Å². The zero-order chi connectivity index (χ0) is 14.1. The van der Waals surface area contributed by atoms with Gasteiger partial charge in [0.2, 0.25) is 0 Å². The molecule has 0 amide bonds. The van der Waals surface area contributed by atoms with Crippen LogP contribution in [0.5, 0.6) is 11.5 Å². The molecule has 0 spiro atoms. The smallest absolute Gasteiger partial charge is 0.162 e. The molecule has 2 aromatic rings. The first-order chi connectivity index (χ1) is 10.4. The standard InChI is InChI=1S/C16H19N3O2/c1-2-6-19(7-3-1)18-16-13-11-15-14(20-8-9-21-15)10-12(13)4-5-17-16/h4-5,10-11H,1-3,6-9H2,(H,17,18). The lowest BCUT2D eigenvalue weighted by atomic mass is 10.1. The van der Waals surface area contributed by atoms with Gasteiger partial charge in [-0.3, -0.25) is 0 Å². The molecule has 1 saturated heterocycles. The van der Waals surface area contributed by atoms with Gasteiger partial charge in [0.05, 0.1) is 0 Å². The second-order valence-electron chi connectivity index (χ2n) is 5.54. The van der Waals surface area contributed by atoms with Gasteiger partial charge in [-0.2, -0.15) is 0 Å². The number of nitrogens with zero attached hydrogens (tertiary/aromatic N) is 2. The Hall–Kier alpha value is -2.01. The monoisotopic (exact) mass is 285 g/mol. The Morgan fingerprint density at radius 2 is 1.76 bits per heavy atom. The summed E-state index contributed by atoms with van der Waals surface area (Å²) in [7, 11) is 0. The van der Waals surface area contributed by atoms with Crippen molar-refractivity contribution in [1.82, 2.24) is 9.99 Å². The third-order valence-corrected chi connectivity index (χ3v) is 4.05. The second-order valence-corrected chi connectivity index (χ2v) is 5.54. The summed E-state index contributed by atoms with van der Waals surface area (Å²) in [5, 5.41) is 4.45. The van der Waals surface area contributed by atoms with E-state index in [1.165, 1.54) is 19.3 Å². The van der Waals surface area contributed by atoms with Crippen LogP contribution in [0.2, 0.25) is 0 Å². The topological polar surface area (TPSA) is 46.6 Å². The fourth-order valence-corrected chi connectivity index (χ4v) is 2.95. The molecule has 110 valence electrons. The number of benzene rings is 1. The Labute approximate surface area is 123 Å². The van der Waals surface area contributed by atoms with E-state index >= 15 is 0 Å². The molecule has 4 rings (SSSR count). The number of pyridine rings is 1. The fourth-order valence-electron chi connectivity index (χ4n) is 2.95. The van der Waals surface area contributed by atoms with Gasteiger partial charge in [0.1, 0.15) is 19.0 Å². The largest absolute Gasteiger partial charge is 0.486 e. The molecule has 0 bridgehead atoms. The molecular formula is C16H19N3O2. The SMILES string of the molecule is c1cc2cc3c(cc2c(NN2CCCCC2)n1)OCCO3. The number of aromatic nitrogens is 1. The zero-order valence-electron chi connectivity index (χ0n) is 12.0. The summed E-state index contributed by atoms with van der Waals surface area (Å²) >= 11 is 0. The number of hydrazine groups is 1. The maximum atomic E-state index is 5.68. The van der Waals surface area contributed by atoms with Crippen LogP contribution in [-0.2, 0) is 0 Å². The number of piperidine rings is 1. The minimum Gasteiger partial charge on any atom is -0.486 e. The average molecular weight is 285 g/mol. The van der Waals surface area contributed by atoms with E-state index in [1.54, 1.807) is 0 Å². The van der Waals surface area contributed by atoms with Crippen LogP contribution in [0.15, 0.2) is 24.4 Å². The highest BCUT2D eigenvalue weighted by atomic mass is 16.6. The first-order valence-electron chi connectivity index (χ1n) is 7.60. The molecule has 1 aromatic carbocycles. The molecule has 0 radical (unpaired) electrons. The number of nitrogens with one attached hydrogen (secondary N) is 1. The summed E-state index contributed by atoms with van der Waals surface area (Å²) in [4.78, 5) is 4.50. The fraction of sp³-hybridized carbons (Fsp3) is 0.438. The molecule has 5 nitrogen and oxygen atoms in total. The molecular weight excluding hydrogens is 266 g/mol. The van der Waals surface area contributed by atoms with Crippen LogP contribution < -0.4 is 14.9 Å². The second kappa shape index (κ2) is 5.41. The molecule has 1 N–H and O–H groups in total. The molecule has 1 aromatic heterocycles. The molecule has 1 fully saturated rings. The first-order valence-corrected chi connectivity index (χ1v) is 7.60. The maximum absolute atomic E-state index is 5.68. The maximum Gasteiger partial charge on any atom is 0.162 e. The molecule has 2 aliphatic heterocycles. The van der Waals surface area contributed by atoms with Crippen molar-refractivity contribution in [3.05, 3.63) is 24.4 Å². The summed E-state index contributed by atoms with van der Waals surface area (Å²) < 4.78 is 11.3. The Morgan fingerprint density at radius 1 is 1.00 bits per heavy atom. The predicted octanol–water partition coefficient (Wildman–Crippen LogP) is 2.82. The van der Waals surface area contributed by atoms with Crippen LogP contribution in [0.1, 0.15) is 19.3 Å². The van der Waals surface area contributed by atoms with Crippen molar-refractivity contribution in [2.75, 3.05) is 31.7 Å². The Balaban J connectivity index is 1.71. The minimum absolute atomic E-state index is 0.605. The molecule has 21 heavy (non-hydrogen) atoms. The van der Waals surface area contributed by atoms with E-state index in [0.717, 1.165) is 41.2 Å².